The molecule has 1 N–H and O–H groups in total. The first-order valence-electron chi connectivity index (χ1n) is 6.24. The van der Waals surface area contributed by atoms with E-state index < -0.39 is 0 Å². The highest BCUT2D eigenvalue weighted by Crippen LogP contribution is 2.08. The van der Waals surface area contributed by atoms with Crippen molar-refractivity contribution in [3.8, 4) is 0 Å². The van der Waals surface area contributed by atoms with Gasteiger partial charge in [-0.15, -0.1) is 0 Å². The lowest BCUT2D eigenvalue weighted by Crippen LogP contribution is -2.34. The van der Waals surface area contributed by atoms with Crippen LogP contribution in [-0.4, -0.2) is 30.4 Å². The molecule has 3 nitrogen and oxygen atoms in total. The minimum absolute atomic E-state index is 0.0157. The molecule has 0 aliphatic carbocycles. The molecule has 1 amide bonds. The molecule has 0 aliphatic heterocycles. The standard InChI is InChI=1S/C15H22N2O/c1-5-17(10-12(2)3)11-15(18)16-14-8-6-13(4)7-9-14/h6-9H,2,5,10-11H2,1,3-4H3,(H,16,18). The molecule has 1 aromatic carbocycles. The summed E-state index contributed by atoms with van der Waals surface area (Å²) >= 11 is 0. The zero-order chi connectivity index (χ0) is 13.5. The van der Waals surface area contributed by atoms with E-state index in [1.807, 2.05) is 45.0 Å². The van der Waals surface area contributed by atoms with Crippen molar-refractivity contribution in [3.63, 3.8) is 0 Å². The smallest absolute Gasteiger partial charge is 0.238 e. The number of hydrogen-bond acceptors (Lipinski definition) is 2. The summed E-state index contributed by atoms with van der Waals surface area (Å²) in [6, 6.07) is 7.81. The van der Waals surface area contributed by atoms with E-state index in [0.29, 0.717) is 6.54 Å². The van der Waals surface area contributed by atoms with Gasteiger partial charge >= 0.3 is 0 Å². The average molecular weight is 246 g/mol. The van der Waals surface area contributed by atoms with Crippen LogP contribution < -0.4 is 5.32 Å². The molecule has 98 valence electrons. The largest absolute Gasteiger partial charge is 0.325 e. The zero-order valence-electron chi connectivity index (χ0n) is 11.5. The third kappa shape index (κ3) is 5.15. The van der Waals surface area contributed by atoms with Gasteiger partial charge in [0.2, 0.25) is 5.91 Å². The summed E-state index contributed by atoms with van der Waals surface area (Å²) in [6.45, 7) is 11.9. The number of nitrogens with zero attached hydrogens (tertiary/aromatic N) is 1. The van der Waals surface area contributed by atoms with E-state index >= 15 is 0 Å². The Kier molecular flexibility index (Phi) is 5.59. The molecule has 3 heteroatoms. The highest BCUT2D eigenvalue weighted by Gasteiger charge is 2.09. The van der Waals surface area contributed by atoms with E-state index in [9.17, 15) is 4.79 Å². The first kappa shape index (κ1) is 14.5. The van der Waals surface area contributed by atoms with Gasteiger partial charge < -0.3 is 5.32 Å². The molecule has 0 aromatic heterocycles. The van der Waals surface area contributed by atoms with Gasteiger partial charge in [0.15, 0.2) is 0 Å². The maximum absolute atomic E-state index is 11.9. The normalized spacial score (nSPS) is 10.4. The molecule has 1 rings (SSSR count). The van der Waals surface area contributed by atoms with Gasteiger partial charge in [0.05, 0.1) is 6.54 Å². The Bertz CT molecular complexity index is 409. The lowest BCUT2D eigenvalue weighted by Gasteiger charge is -2.19. The second kappa shape index (κ2) is 6.97. The van der Waals surface area contributed by atoms with Crippen molar-refractivity contribution < 1.29 is 4.79 Å². The minimum atomic E-state index is 0.0157. The number of carbonyl (C=O) groups excluding carboxylic acids is 1. The van der Waals surface area contributed by atoms with Crippen LogP contribution in [-0.2, 0) is 4.79 Å². The third-order valence-corrected chi connectivity index (χ3v) is 2.64. The molecule has 18 heavy (non-hydrogen) atoms. The number of benzene rings is 1. The first-order valence-corrected chi connectivity index (χ1v) is 6.24. The van der Waals surface area contributed by atoms with Crippen LogP contribution in [0.3, 0.4) is 0 Å². The van der Waals surface area contributed by atoms with Crippen LogP contribution in [0.2, 0.25) is 0 Å². The monoisotopic (exact) mass is 246 g/mol. The van der Waals surface area contributed by atoms with Gasteiger partial charge in [-0.05, 0) is 32.5 Å². The molecule has 0 unspecified atom stereocenters. The number of nitrogens with one attached hydrogen (secondary N) is 1. The molecular weight excluding hydrogens is 224 g/mol. The molecule has 0 saturated carbocycles. The van der Waals surface area contributed by atoms with E-state index in [1.54, 1.807) is 0 Å². The van der Waals surface area contributed by atoms with Crippen molar-refractivity contribution in [1.29, 1.82) is 0 Å². The predicted octanol–water partition coefficient (Wildman–Crippen LogP) is 2.83. The quantitative estimate of drug-likeness (QED) is 0.783. The number of amides is 1. The van der Waals surface area contributed by atoms with Crippen LogP contribution in [0.15, 0.2) is 36.4 Å². The SMILES string of the molecule is C=C(C)CN(CC)CC(=O)Nc1ccc(C)cc1. The Hall–Kier alpha value is -1.61. The minimum Gasteiger partial charge on any atom is -0.325 e. The van der Waals surface area contributed by atoms with Crippen molar-refractivity contribution in [2.24, 2.45) is 0 Å². The van der Waals surface area contributed by atoms with Crippen molar-refractivity contribution in [1.82, 2.24) is 4.90 Å². The molecule has 0 radical (unpaired) electrons. The highest BCUT2D eigenvalue weighted by molar-refractivity contribution is 5.92. The summed E-state index contributed by atoms with van der Waals surface area (Å²) in [7, 11) is 0. The molecule has 1 aromatic rings. The molecule has 0 heterocycles. The van der Waals surface area contributed by atoms with E-state index in [1.165, 1.54) is 5.56 Å². The van der Waals surface area contributed by atoms with E-state index in [-0.39, 0.29) is 5.91 Å². The van der Waals surface area contributed by atoms with Crippen LogP contribution in [0.4, 0.5) is 5.69 Å². The second-order valence-electron chi connectivity index (χ2n) is 4.67. The Morgan fingerprint density at radius 3 is 2.39 bits per heavy atom. The van der Waals surface area contributed by atoms with E-state index in [4.69, 9.17) is 0 Å². The summed E-state index contributed by atoms with van der Waals surface area (Å²) in [6.07, 6.45) is 0. The molecule has 0 saturated heterocycles. The fourth-order valence-corrected chi connectivity index (χ4v) is 1.70. The van der Waals surface area contributed by atoms with E-state index in [0.717, 1.165) is 24.4 Å². The number of rotatable bonds is 6. The van der Waals surface area contributed by atoms with Crippen molar-refractivity contribution >= 4 is 11.6 Å². The lowest BCUT2D eigenvalue weighted by molar-refractivity contribution is -0.117. The van der Waals surface area contributed by atoms with Crippen LogP contribution in [0, 0.1) is 6.92 Å². The van der Waals surface area contributed by atoms with Crippen LogP contribution in [0.1, 0.15) is 19.4 Å². The predicted molar refractivity (Wildman–Crippen MR) is 76.7 cm³/mol. The maximum Gasteiger partial charge on any atom is 0.238 e. The number of anilines is 1. The van der Waals surface area contributed by atoms with Crippen molar-refractivity contribution in [2.75, 3.05) is 25.0 Å². The van der Waals surface area contributed by atoms with Gasteiger partial charge in [-0.1, -0.05) is 36.8 Å². The van der Waals surface area contributed by atoms with Crippen molar-refractivity contribution in [3.05, 3.63) is 42.0 Å². The van der Waals surface area contributed by atoms with Crippen LogP contribution >= 0.6 is 0 Å². The second-order valence-corrected chi connectivity index (χ2v) is 4.67. The summed E-state index contributed by atoms with van der Waals surface area (Å²) in [5.74, 6) is 0.0157. The fourth-order valence-electron chi connectivity index (χ4n) is 1.70. The van der Waals surface area contributed by atoms with Gasteiger partial charge in [0.1, 0.15) is 0 Å². The van der Waals surface area contributed by atoms with E-state index in [2.05, 4.69) is 16.8 Å². The Balaban J connectivity index is 2.49. The van der Waals surface area contributed by atoms with Gasteiger partial charge in [-0.25, -0.2) is 0 Å². The van der Waals surface area contributed by atoms with Gasteiger partial charge in [0, 0.05) is 12.2 Å². The summed E-state index contributed by atoms with van der Waals surface area (Å²) in [4.78, 5) is 13.9. The van der Waals surface area contributed by atoms with Crippen molar-refractivity contribution in [2.45, 2.75) is 20.8 Å². The topological polar surface area (TPSA) is 32.3 Å². The molecule has 0 atom stereocenters. The Morgan fingerprint density at radius 2 is 1.89 bits per heavy atom. The van der Waals surface area contributed by atoms with Gasteiger partial charge in [-0.3, -0.25) is 9.69 Å². The Morgan fingerprint density at radius 1 is 1.28 bits per heavy atom. The number of likely N-dealkylation sites (N-methyl/N-ethyl adjacent to an activating group) is 1. The number of aryl methyl sites for hydroxylation is 1. The lowest BCUT2D eigenvalue weighted by atomic mass is 10.2. The fraction of sp³-hybridized carbons (Fsp3) is 0.400. The van der Waals surface area contributed by atoms with Crippen LogP contribution in [0.25, 0.3) is 0 Å². The molecule has 0 fully saturated rings. The average Bonchev–Trinajstić information content (AvgIpc) is 2.30. The molecule has 0 bridgehead atoms. The highest BCUT2D eigenvalue weighted by atomic mass is 16.2. The summed E-state index contributed by atoms with van der Waals surface area (Å²) < 4.78 is 0. The van der Waals surface area contributed by atoms with Gasteiger partial charge in [-0.2, -0.15) is 0 Å². The molecular formula is C15H22N2O. The van der Waals surface area contributed by atoms with Gasteiger partial charge in [0.25, 0.3) is 0 Å². The number of hydrogen-bond donors (Lipinski definition) is 1. The van der Waals surface area contributed by atoms with Crippen LogP contribution in [0.5, 0.6) is 0 Å². The third-order valence-electron chi connectivity index (χ3n) is 2.64. The maximum atomic E-state index is 11.9. The molecule has 0 aliphatic rings. The summed E-state index contributed by atoms with van der Waals surface area (Å²) in [5, 5.41) is 2.90. The molecule has 0 spiro atoms. The Labute approximate surface area is 109 Å². The zero-order valence-corrected chi connectivity index (χ0v) is 11.5. The first-order chi connectivity index (χ1) is 8.51. The number of carbonyl (C=O) groups is 1. The summed E-state index contributed by atoms with van der Waals surface area (Å²) in [5.41, 5.74) is 3.10.